The molecule has 0 aliphatic heterocycles. The first kappa shape index (κ1) is 14.3. The maximum Gasteiger partial charge on any atom is 0.252 e. The van der Waals surface area contributed by atoms with Gasteiger partial charge in [0.05, 0.1) is 17.8 Å². The summed E-state index contributed by atoms with van der Waals surface area (Å²) in [5, 5.41) is 3.94. The van der Waals surface area contributed by atoms with Crippen molar-refractivity contribution >= 4 is 16.8 Å². The molecule has 3 aromatic rings. The number of aromatic nitrogens is 2. The Balaban J connectivity index is 1.88. The molecule has 0 aliphatic rings. The van der Waals surface area contributed by atoms with Crippen molar-refractivity contribution in [2.24, 2.45) is 7.05 Å². The molecule has 4 nitrogen and oxygen atoms in total. The summed E-state index contributed by atoms with van der Waals surface area (Å²) in [6.45, 7) is 2.56. The molecule has 0 saturated carbocycles. The number of benzene rings is 1. The molecule has 0 bridgehead atoms. The number of nitrogens with zero attached hydrogens (tertiary/aromatic N) is 2. The number of fused-ring (bicyclic) bond motifs is 1. The van der Waals surface area contributed by atoms with Gasteiger partial charge in [-0.1, -0.05) is 19.1 Å². The smallest absolute Gasteiger partial charge is 0.252 e. The van der Waals surface area contributed by atoms with E-state index in [0.29, 0.717) is 12.1 Å². The number of pyridine rings is 1. The number of hydrogen-bond acceptors (Lipinski definition) is 2. The second kappa shape index (κ2) is 6.02. The molecule has 3 rings (SSSR count). The van der Waals surface area contributed by atoms with Gasteiger partial charge in [-0.15, -0.1) is 0 Å². The molecule has 1 aromatic carbocycles. The van der Waals surface area contributed by atoms with Crippen molar-refractivity contribution in [2.75, 3.05) is 0 Å². The lowest BCUT2D eigenvalue weighted by atomic mass is 10.0. The Labute approximate surface area is 129 Å². The van der Waals surface area contributed by atoms with Gasteiger partial charge in [-0.05, 0) is 36.2 Å². The summed E-state index contributed by atoms with van der Waals surface area (Å²) >= 11 is 0. The maximum atomic E-state index is 12.5. The number of rotatable bonds is 4. The third kappa shape index (κ3) is 2.60. The number of hydrogen-bond donors (Lipinski definition) is 1. The topological polar surface area (TPSA) is 46.9 Å². The van der Waals surface area contributed by atoms with Gasteiger partial charge in [0, 0.05) is 30.4 Å². The van der Waals surface area contributed by atoms with Crippen molar-refractivity contribution in [1.29, 1.82) is 0 Å². The normalized spacial score (nSPS) is 10.8. The zero-order valence-electron chi connectivity index (χ0n) is 12.8. The standard InChI is InChI=1S/C18H19N3O/c1-3-13-7-8-16(15-9-11-21(2)17(13)15)18(22)20-12-14-6-4-5-10-19-14/h4-11H,3,12H2,1-2H3,(H,20,22). The van der Waals surface area contributed by atoms with Crippen LogP contribution in [0.4, 0.5) is 0 Å². The zero-order chi connectivity index (χ0) is 15.5. The molecule has 0 fully saturated rings. The number of nitrogens with one attached hydrogen (secondary N) is 1. The summed E-state index contributed by atoms with van der Waals surface area (Å²) in [6.07, 6.45) is 4.68. The first-order chi connectivity index (χ1) is 10.7. The largest absolute Gasteiger partial charge is 0.350 e. The highest BCUT2D eigenvalue weighted by Gasteiger charge is 2.14. The van der Waals surface area contributed by atoms with E-state index in [4.69, 9.17) is 0 Å². The number of aryl methyl sites for hydroxylation is 2. The SMILES string of the molecule is CCc1ccc(C(=O)NCc2ccccn2)c2ccn(C)c12. The molecule has 1 N–H and O–H groups in total. The van der Waals surface area contributed by atoms with Crippen molar-refractivity contribution in [2.45, 2.75) is 19.9 Å². The lowest BCUT2D eigenvalue weighted by Gasteiger charge is -2.09. The van der Waals surface area contributed by atoms with Gasteiger partial charge in [0.15, 0.2) is 0 Å². The van der Waals surface area contributed by atoms with E-state index in [2.05, 4.69) is 21.8 Å². The molecule has 0 radical (unpaired) electrons. The van der Waals surface area contributed by atoms with Crippen LogP contribution in [0.25, 0.3) is 10.9 Å². The maximum absolute atomic E-state index is 12.5. The lowest BCUT2D eigenvalue weighted by Crippen LogP contribution is -2.23. The van der Waals surface area contributed by atoms with Crippen LogP contribution in [0.2, 0.25) is 0 Å². The van der Waals surface area contributed by atoms with E-state index >= 15 is 0 Å². The highest BCUT2D eigenvalue weighted by Crippen LogP contribution is 2.24. The van der Waals surface area contributed by atoms with Crippen LogP contribution in [0, 0.1) is 0 Å². The first-order valence-corrected chi connectivity index (χ1v) is 7.45. The fraction of sp³-hybridized carbons (Fsp3) is 0.222. The lowest BCUT2D eigenvalue weighted by molar-refractivity contribution is 0.0952. The summed E-state index contributed by atoms with van der Waals surface area (Å²) in [7, 11) is 2.01. The molecule has 4 heteroatoms. The number of carbonyl (C=O) groups is 1. The van der Waals surface area contributed by atoms with Crippen molar-refractivity contribution in [3.63, 3.8) is 0 Å². The Hall–Kier alpha value is -2.62. The fourth-order valence-corrected chi connectivity index (χ4v) is 2.75. The van der Waals surface area contributed by atoms with Crippen molar-refractivity contribution in [1.82, 2.24) is 14.9 Å². The third-order valence-electron chi connectivity index (χ3n) is 3.90. The summed E-state index contributed by atoms with van der Waals surface area (Å²) in [5.41, 5.74) is 3.95. The van der Waals surface area contributed by atoms with E-state index in [-0.39, 0.29) is 5.91 Å². The Kier molecular flexibility index (Phi) is 3.92. The first-order valence-electron chi connectivity index (χ1n) is 7.45. The minimum atomic E-state index is -0.0653. The van der Waals surface area contributed by atoms with Gasteiger partial charge in [-0.3, -0.25) is 9.78 Å². The highest BCUT2D eigenvalue weighted by molar-refractivity contribution is 6.07. The van der Waals surface area contributed by atoms with Crippen LogP contribution < -0.4 is 5.32 Å². The molecule has 0 aliphatic carbocycles. The molecule has 1 amide bonds. The average molecular weight is 293 g/mol. The van der Waals surface area contributed by atoms with Crippen molar-refractivity contribution < 1.29 is 4.79 Å². The Morgan fingerprint density at radius 1 is 1.23 bits per heavy atom. The van der Waals surface area contributed by atoms with Gasteiger partial charge in [0.1, 0.15) is 0 Å². The second-order valence-corrected chi connectivity index (χ2v) is 5.32. The van der Waals surface area contributed by atoms with Gasteiger partial charge in [0.25, 0.3) is 5.91 Å². The fourth-order valence-electron chi connectivity index (χ4n) is 2.75. The second-order valence-electron chi connectivity index (χ2n) is 5.32. The van der Waals surface area contributed by atoms with Crippen LogP contribution in [-0.2, 0) is 20.0 Å². The Morgan fingerprint density at radius 3 is 2.82 bits per heavy atom. The highest BCUT2D eigenvalue weighted by atomic mass is 16.1. The molecule has 2 heterocycles. The quantitative estimate of drug-likeness (QED) is 0.803. The minimum absolute atomic E-state index is 0.0653. The van der Waals surface area contributed by atoms with Crippen LogP contribution in [0.15, 0.2) is 48.8 Å². The summed E-state index contributed by atoms with van der Waals surface area (Å²) in [4.78, 5) is 16.7. The van der Waals surface area contributed by atoms with E-state index in [0.717, 1.165) is 23.0 Å². The van der Waals surface area contributed by atoms with Crippen molar-refractivity contribution in [3.8, 4) is 0 Å². The Bertz CT molecular complexity index is 806. The third-order valence-corrected chi connectivity index (χ3v) is 3.90. The molecule has 0 saturated heterocycles. The van der Waals surface area contributed by atoms with Gasteiger partial charge < -0.3 is 9.88 Å². The predicted octanol–water partition coefficient (Wildman–Crippen LogP) is 3.07. The molecule has 22 heavy (non-hydrogen) atoms. The average Bonchev–Trinajstić information content (AvgIpc) is 2.95. The molecule has 112 valence electrons. The summed E-state index contributed by atoms with van der Waals surface area (Å²) in [6, 6.07) is 11.6. The van der Waals surface area contributed by atoms with E-state index < -0.39 is 0 Å². The monoisotopic (exact) mass is 293 g/mol. The van der Waals surface area contributed by atoms with Gasteiger partial charge in [0.2, 0.25) is 0 Å². The van der Waals surface area contributed by atoms with Crippen LogP contribution in [0.1, 0.15) is 28.5 Å². The zero-order valence-corrected chi connectivity index (χ0v) is 12.8. The van der Waals surface area contributed by atoms with E-state index in [1.54, 1.807) is 6.20 Å². The summed E-state index contributed by atoms with van der Waals surface area (Å²) in [5.74, 6) is -0.0653. The van der Waals surface area contributed by atoms with Crippen LogP contribution in [0.5, 0.6) is 0 Å². The van der Waals surface area contributed by atoms with Crippen molar-refractivity contribution in [3.05, 3.63) is 65.6 Å². The number of amides is 1. The Morgan fingerprint density at radius 2 is 2.09 bits per heavy atom. The molecule has 2 aromatic heterocycles. The van der Waals surface area contributed by atoms with E-state index in [1.807, 2.05) is 49.6 Å². The van der Waals surface area contributed by atoms with Crippen LogP contribution >= 0.6 is 0 Å². The molecule has 0 spiro atoms. The van der Waals surface area contributed by atoms with Crippen LogP contribution in [0.3, 0.4) is 0 Å². The predicted molar refractivity (Wildman–Crippen MR) is 87.7 cm³/mol. The molecule has 0 atom stereocenters. The molecular formula is C18H19N3O. The van der Waals surface area contributed by atoms with Crippen LogP contribution in [-0.4, -0.2) is 15.5 Å². The van der Waals surface area contributed by atoms with E-state index in [1.165, 1.54) is 5.56 Å². The molecule has 0 unspecified atom stereocenters. The van der Waals surface area contributed by atoms with E-state index in [9.17, 15) is 4.79 Å². The van der Waals surface area contributed by atoms with Gasteiger partial charge >= 0.3 is 0 Å². The molecular weight excluding hydrogens is 274 g/mol. The van der Waals surface area contributed by atoms with Gasteiger partial charge in [-0.25, -0.2) is 0 Å². The summed E-state index contributed by atoms with van der Waals surface area (Å²) < 4.78 is 2.07. The van der Waals surface area contributed by atoms with Gasteiger partial charge in [-0.2, -0.15) is 0 Å². The minimum Gasteiger partial charge on any atom is -0.350 e. The number of carbonyl (C=O) groups excluding carboxylic acids is 1.